The van der Waals surface area contributed by atoms with Crippen molar-refractivity contribution in [2.24, 2.45) is 11.8 Å². The molecule has 0 radical (unpaired) electrons. The SMILES string of the molecule is CCCN1C[C@@H]2C[C@@H](C1)C2=O. The molecule has 0 amide bonds. The number of ketones is 1. The molecule has 1 aliphatic carbocycles. The van der Waals surface area contributed by atoms with E-state index in [1.165, 1.54) is 19.4 Å². The van der Waals surface area contributed by atoms with Gasteiger partial charge in [0.2, 0.25) is 0 Å². The van der Waals surface area contributed by atoms with Gasteiger partial charge >= 0.3 is 0 Å². The molecule has 2 heteroatoms. The molecule has 3 rings (SSSR count). The number of rotatable bonds is 2. The van der Waals surface area contributed by atoms with Crippen molar-refractivity contribution >= 4 is 5.78 Å². The van der Waals surface area contributed by atoms with Crippen LogP contribution < -0.4 is 0 Å². The van der Waals surface area contributed by atoms with Gasteiger partial charge in [-0.15, -0.1) is 0 Å². The Balaban J connectivity index is 1.89. The van der Waals surface area contributed by atoms with Crippen LogP contribution in [0.1, 0.15) is 19.8 Å². The van der Waals surface area contributed by atoms with Gasteiger partial charge < -0.3 is 4.90 Å². The van der Waals surface area contributed by atoms with Gasteiger partial charge in [0.05, 0.1) is 0 Å². The Kier molecular flexibility index (Phi) is 1.72. The van der Waals surface area contributed by atoms with Gasteiger partial charge in [-0.2, -0.15) is 0 Å². The van der Waals surface area contributed by atoms with Crippen molar-refractivity contribution in [1.82, 2.24) is 4.90 Å². The molecule has 11 heavy (non-hydrogen) atoms. The van der Waals surface area contributed by atoms with Crippen LogP contribution in [0.3, 0.4) is 0 Å². The summed E-state index contributed by atoms with van der Waals surface area (Å²) in [6, 6.07) is 0. The first-order valence-corrected chi connectivity index (χ1v) is 4.57. The topological polar surface area (TPSA) is 20.3 Å². The molecule has 3 aliphatic rings. The van der Waals surface area contributed by atoms with Gasteiger partial charge in [0, 0.05) is 24.9 Å². The van der Waals surface area contributed by atoms with Crippen LogP contribution in [0.4, 0.5) is 0 Å². The van der Waals surface area contributed by atoms with E-state index in [1.54, 1.807) is 0 Å². The molecular formula is C9H15NO. The van der Waals surface area contributed by atoms with E-state index in [2.05, 4.69) is 11.8 Å². The van der Waals surface area contributed by atoms with E-state index in [0.717, 1.165) is 13.1 Å². The average Bonchev–Trinajstić information content (AvgIpc) is 2.05. The van der Waals surface area contributed by atoms with Crippen LogP contribution in [0.2, 0.25) is 0 Å². The summed E-state index contributed by atoms with van der Waals surface area (Å²) in [5.74, 6) is 1.37. The average molecular weight is 153 g/mol. The fourth-order valence-corrected chi connectivity index (χ4v) is 2.27. The second-order valence-corrected chi connectivity index (χ2v) is 3.79. The van der Waals surface area contributed by atoms with Crippen LogP contribution in [-0.2, 0) is 4.79 Å². The highest BCUT2D eigenvalue weighted by atomic mass is 16.1. The van der Waals surface area contributed by atoms with Gasteiger partial charge in [0.1, 0.15) is 5.78 Å². The smallest absolute Gasteiger partial charge is 0.141 e. The molecule has 2 atom stereocenters. The molecule has 2 heterocycles. The van der Waals surface area contributed by atoms with Crippen LogP contribution in [0.25, 0.3) is 0 Å². The lowest BCUT2D eigenvalue weighted by Gasteiger charge is -2.45. The Morgan fingerprint density at radius 1 is 1.45 bits per heavy atom. The maximum Gasteiger partial charge on any atom is 0.141 e. The van der Waals surface area contributed by atoms with Crippen LogP contribution >= 0.6 is 0 Å². The Bertz CT molecular complexity index is 164. The van der Waals surface area contributed by atoms with Gasteiger partial charge in [-0.1, -0.05) is 6.92 Å². The fourth-order valence-electron chi connectivity index (χ4n) is 2.27. The molecule has 0 aromatic rings. The lowest BCUT2D eigenvalue weighted by atomic mass is 9.70. The van der Waals surface area contributed by atoms with Crippen LogP contribution in [0.5, 0.6) is 0 Å². The van der Waals surface area contributed by atoms with E-state index in [9.17, 15) is 4.79 Å². The summed E-state index contributed by atoms with van der Waals surface area (Å²) >= 11 is 0. The molecule has 2 saturated heterocycles. The highest BCUT2D eigenvalue weighted by molar-refractivity contribution is 5.90. The Hall–Kier alpha value is -0.370. The molecule has 0 N–H and O–H groups in total. The van der Waals surface area contributed by atoms with Crippen LogP contribution in [0, 0.1) is 11.8 Å². The van der Waals surface area contributed by atoms with Crippen molar-refractivity contribution in [1.29, 1.82) is 0 Å². The molecule has 3 fully saturated rings. The summed E-state index contributed by atoms with van der Waals surface area (Å²) in [7, 11) is 0. The van der Waals surface area contributed by atoms with E-state index in [-0.39, 0.29) is 0 Å². The zero-order valence-corrected chi connectivity index (χ0v) is 7.05. The van der Waals surface area contributed by atoms with Gasteiger partial charge in [-0.05, 0) is 19.4 Å². The number of hydrogen-bond donors (Lipinski definition) is 0. The van der Waals surface area contributed by atoms with E-state index >= 15 is 0 Å². The molecule has 62 valence electrons. The van der Waals surface area contributed by atoms with E-state index < -0.39 is 0 Å². The zero-order valence-electron chi connectivity index (χ0n) is 7.05. The fraction of sp³-hybridized carbons (Fsp3) is 0.889. The maximum absolute atomic E-state index is 11.2. The number of carbonyl (C=O) groups excluding carboxylic acids is 1. The monoisotopic (exact) mass is 153 g/mol. The second kappa shape index (κ2) is 2.59. The summed E-state index contributed by atoms with van der Waals surface area (Å²) in [6.07, 6.45) is 2.40. The Morgan fingerprint density at radius 3 is 2.55 bits per heavy atom. The van der Waals surface area contributed by atoms with Crippen molar-refractivity contribution in [2.45, 2.75) is 19.8 Å². The quantitative estimate of drug-likeness (QED) is 0.588. The summed E-state index contributed by atoms with van der Waals surface area (Å²) in [5, 5.41) is 0. The summed E-state index contributed by atoms with van der Waals surface area (Å²) < 4.78 is 0. The van der Waals surface area contributed by atoms with Crippen molar-refractivity contribution < 1.29 is 4.79 Å². The van der Waals surface area contributed by atoms with Crippen molar-refractivity contribution in [3.8, 4) is 0 Å². The van der Waals surface area contributed by atoms with E-state index in [0.29, 0.717) is 17.6 Å². The number of piperidine rings is 2. The largest absolute Gasteiger partial charge is 0.302 e. The van der Waals surface area contributed by atoms with Crippen LogP contribution in [0.15, 0.2) is 0 Å². The molecule has 2 aliphatic heterocycles. The van der Waals surface area contributed by atoms with Gasteiger partial charge in [0.15, 0.2) is 0 Å². The molecule has 1 saturated carbocycles. The number of Topliss-reactive ketones (excluding diaryl/α,β-unsaturated/α-hetero) is 1. The van der Waals surface area contributed by atoms with Gasteiger partial charge in [0.25, 0.3) is 0 Å². The normalized spacial score (nSPS) is 37.0. The number of nitrogens with zero attached hydrogens (tertiary/aromatic N) is 1. The minimum atomic E-state index is 0.417. The lowest BCUT2D eigenvalue weighted by molar-refractivity contribution is -0.143. The first-order chi connectivity index (χ1) is 5.31. The number of fused-ring (bicyclic) bond motifs is 2. The summed E-state index contributed by atoms with van der Waals surface area (Å²) in [6.45, 7) is 5.47. The third kappa shape index (κ3) is 1.09. The predicted molar refractivity (Wildman–Crippen MR) is 43.3 cm³/mol. The minimum absolute atomic E-state index is 0.417. The first-order valence-electron chi connectivity index (χ1n) is 4.57. The Labute approximate surface area is 67.6 Å². The first kappa shape index (κ1) is 7.29. The predicted octanol–water partition coefficient (Wildman–Crippen LogP) is 0.917. The molecule has 0 spiro atoms. The lowest BCUT2D eigenvalue weighted by Crippen LogP contribution is -2.55. The molecule has 0 unspecified atom stereocenters. The van der Waals surface area contributed by atoms with Crippen molar-refractivity contribution in [2.75, 3.05) is 19.6 Å². The molecule has 2 bridgehead atoms. The second-order valence-electron chi connectivity index (χ2n) is 3.79. The zero-order chi connectivity index (χ0) is 7.84. The number of carbonyl (C=O) groups is 1. The molecule has 2 nitrogen and oxygen atoms in total. The summed E-state index contributed by atoms with van der Waals surface area (Å²) in [5.41, 5.74) is 0. The van der Waals surface area contributed by atoms with Crippen LogP contribution in [-0.4, -0.2) is 30.3 Å². The highest BCUT2D eigenvalue weighted by Crippen LogP contribution is 2.35. The maximum atomic E-state index is 11.2. The molecular weight excluding hydrogens is 138 g/mol. The molecule has 0 aromatic carbocycles. The Morgan fingerprint density at radius 2 is 2.09 bits per heavy atom. The number of hydrogen-bond acceptors (Lipinski definition) is 2. The van der Waals surface area contributed by atoms with E-state index in [4.69, 9.17) is 0 Å². The van der Waals surface area contributed by atoms with E-state index in [1.807, 2.05) is 0 Å². The standard InChI is InChI=1S/C9H15NO/c1-2-3-10-5-7-4-8(6-10)9(7)11/h7-8H,2-6H2,1H3/t7-,8-/m0/s1. The van der Waals surface area contributed by atoms with Gasteiger partial charge in [-0.3, -0.25) is 4.79 Å². The highest BCUT2D eigenvalue weighted by Gasteiger charge is 2.44. The third-order valence-electron chi connectivity index (χ3n) is 2.87. The minimum Gasteiger partial charge on any atom is -0.302 e. The third-order valence-corrected chi connectivity index (χ3v) is 2.87. The van der Waals surface area contributed by atoms with Gasteiger partial charge in [-0.25, -0.2) is 0 Å². The summed E-state index contributed by atoms with van der Waals surface area (Å²) in [4.78, 5) is 13.6. The van der Waals surface area contributed by atoms with Crippen molar-refractivity contribution in [3.63, 3.8) is 0 Å². The molecule has 0 aromatic heterocycles. The van der Waals surface area contributed by atoms with Crippen molar-refractivity contribution in [3.05, 3.63) is 0 Å².